The molecule has 5 nitrogen and oxygen atoms in total. The molecule has 0 bridgehead atoms. The van der Waals surface area contributed by atoms with Crippen LogP contribution in [-0.2, 0) is 9.59 Å². The monoisotopic (exact) mass is 253 g/mol. The lowest BCUT2D eigenvalue weighted by Crippen LogP contribution is -2.61. The molecular formula is C13H23N3O2. The van der Waals surface area contributed by atoms with Crippen LogP contribution in [0.15, 0.2) is 0 Å². The molecule has 1 atom stereocenters. The molecule has 0 aromatic heterocycles. The second-order valence-corrected chi connectivity index (χ2v) is 5.42. The summed E-state index contributed by atoms with van der Waals surface area (Å²) in [5.74, 6) is -0.437. The fourth-order valence-corrected chi connectivity index (χ4v) is 3.20. The number of hydrogen-bond donors (Lipinski definition) is 1. The number of carbonyl (C=O) groups excluding carboxylic acids is 2. The van der Waals surface area contributed by atoms with E-state index in [1.54, 1.807) is 4.90 Å². The van der Waals surface area contributed by atoms with E-state index >= 15 is 0 Å². The van der Waals surface area contributed by atoms with E-state index in [9.17, 15) is 9.59 Å². The van der Waals surface area contributed by atoms with Gasteiger partial charge in [0.2, 0.25) is 11.8 Å². The summed E-state index contributed by atoms with van der Waals surface area (Å²) in [4.78, 5) is 27.0. The van der Waals surface area contributed by atoms with Crippen molar-refractivity contribution in [3.8, 4) is 0 Å². The van der Waals surface area contributed by atoms with Crippen molar-refractivity contribution in [2.24, 2.45) is 5.73 Å². The van der Waals surface area contributed by atoms with Crippen molar-refractivity contribution in [3.05, 3.63) is 0 Å². The van der Waals surface area contributed by atoms with E-state index < -0.39 is 6.04 Å². The second kappa shape index (κ2) is 5.69. The molecule has 1 aliphatic carbocycles. The number of piperazine rings is 1. The lowest BCUT2D eigenvalue weighted by Gasteiger charge is -2.44. The molecule has 0 unspecified atom stereocenters. The zero-order valence-corrected chi connectivity index (χ0v) is 11.1. The van der Waals surface area contributed by atoms with Crippen LogP contribution >= 0.6 is 0 Å². The summed E-state index contributed by atoms with van der Waals surface area (Å²) < 4.78 is 0. The van der Waals surface area contributed by atoms with Crippen molar-refractivity contribution in [2.75, 3.05) is 19.6 Å². The highest BCUT2D eigenvalue weighted by molar-refractivity contribution is 5.86. The molecule has 0 aromatic carbocycles. The highest BCUT2D eigenvalue weighted by atomic mass is 16.2. The normalized spacial score (nSPS) is 27.2. The van der Waals surface area contributed by atoms with Gasteiger partial charge in [0.05, 0.1) is 0 Å². The molecule has 2 amide bonds. The maximum Gasteiger partial charge on any atom is 0.241 e. The van der Waals surface area contributed by atoms with E-state index in [0.29, 0.717) is 19.1 Å². The minimum absolute atomic E-state index is 0.0536. The summed E-state index contributed by atoms with van der Waals surface area (Å²) in [6.45, 7) is 3.61. The fourth-order valence-electron chi connectivity index (χ4n) is 3.20. The Labute approximate surface area is 108 Å². The highest BCUT2D eigenvalue weighted by Crippen LogP contribution is 2.24. The van der Waals surface area contributed by atoms with Gasteiger partial charge >= 0.3 is 0 Å². The van der Waals surface area contributed by atoms with Crippen LogP contribution in [0.5, 0.6) is 0 Å². The Hall–Kier alpha value is -1.10. The van der Waals surface area contributed by atoms with Gasteiger partial charge in [-0.1, -0.05) is 19.3 Å². The second-order valence-electron chi connectivity index (χ2n) is 5.42. The number of amides is 2. The number of carbonyl (C=O) groups is 2. The highest BCUT2D eigenvalue weighted by Gasteiger charge is 2.35. The summed E-state index contributed by atoms with van der Waals surface area (Å²) in [5, 5.41) is 0. The number of nitrogens with two attached hydrogens (primary N) is 1. The van der Waals surface area contributed by atoms with E-state index in [4.69, 9.17) is 5.73 Å². The van der Waals surface area contributed by atoms with E-state index in [-0.39, 0.29) is 11.8 Å². The summed E-state index contributed by atoms with van der Waals surface area (Å²) in [6.07, 6.45) is 6.30. The van der Waals surface area contributed by atoms with Gasteiger partial charge in [-0.25, -0.2) is 0 Å². The van der Waals surface area contributed by atoms with Crippen LogP contribution in [0.2, 0.25) is 0 Å². The van der Waals surface area contributed by atoms with E-state index in [0.717, 1.165) is 6.54 Å². The maximum atomic E-state index is 11.5. The smallest absolute Gasteiger partial charge is 0.241 e. The Morgan fingerprint density at radius 2 is 1.78 bits per heavy atom. The van der Waals surface area contributed by atoms with E-state index in [1.165, 1.54) is 39.0 Å². The molecule has 2 aliphatic rings. The molecule has 1 saturated heterocycles. The van der Waals surface area contributed by atoms with Crippen molar-refractivity contribution in [2.45, 2.75) is 51.1 Å². The van der Waals surface area contributed by atoms with Crippen molar-refractivity contribution in [1.29, 1.82) is 0 Å². The molecule has 0 spiro atoms. The van der Waals surface area contributed by atoms with Crippen LogP contribution in [0.4, 0.5) is 0 Å². The molecule has 2 fully saturated rings. The van der Waals surface area contributed by atoms with Crippen molar-refractivity contribution in [1.82, 2.24) is 9.80 Å². The zero-order valence-electron chi connectivity index (χ0n) is 11.1. The van der Waals surface area contributed by atoms with Gasteiger partial charge in [0.25, 0.3) is 0 Å². The number of nitrogens with zero attached hydrogens (tertiary/aromatic N) is 2. The fraction of sp³-hybridized carbons (Fsp3) is 0.846. The average molecular weight is 253 g/mol. The lowest BCUT2D eigenvalue weighted by atomic mass is 9.93. The van der Waals surface area contributed by atoms with Crippen LogP contribution in [0, 0.1) is 0 Å². The van der Waals surface area contributed by atoms with Gasteiger partial charge in [0.1, 0.15) is 6.04 Å². The maximum absolute atomic E-state index is 11.5. The van der Waals surface area contributed by atoms with Crippen molar-refractivity contribution < 1.29 is 9.59 Å². The minimum Gasteiger partial charge on any atom is -0.368 e. The molecule has 5 heteroatoms. The lowest BCUT2D eigenvalue weighted by molar-refractivity contribution is -0.141. The standard InChI is InChI=1S/C13H23N3O2/c1-10(17)16-8-7-15(9-12(16)13(14)18)11-5-3-2-4-6-11/h11-12H,2-9H2,1H3,(H2,14,18)/t12-/m0/s1. The Morgan fingerprint density at radius 3 is 2.33 bits per heavy atom. The molecule has 0 aromatic rings. The van der Waals surface area contributed by atoms with Gasteiger partial charge in [-0.05, 0) is 12.8 Å². The first-order valence-electron chi connectivity index (χ1n) is 6.90. The van der Waals surface area contributed by atoms with Gasteiger partial charge in [0, 0.05) is 32.6 Å². The Bertz CT molecular complexity index is 326. The Balaban J connectivity index is 2.01. The molecule has 2 rings (SSSR count). The van der Waals surface area contributed by atoms with Gasteiger partial charge in [-0.3, -0.25) is 14.5 Å². The summed E-state index contributed by atoms with van der Waals surface area (Å²) >= 11 is 0. The van der Waals surface area contributed by atoms with Crippen LogP contribution in [0.25, 0.3) is 0 Å². The molecule has 0 radical (unpaired) electrons. The topological polar surface area (TPSA) is 66.6 Å². The first-order valence-corrected chi connectivity index (χ1v) is 6.90. The predicted octanol–water partition coefficient (Wildman–Crippen LogP) is 0.337. The number of primary amides is 1. The average Bonchev–Trinajstić information content (AvgIpc) is 2.39. The third-order valence-corrected chi connectivity index (χ3v) is 4.24. The number of rotatable bonds is 2. The van der Waals surface area contributed by atoms with E-state index in [2.05, 4.69) is 4.90 Å². The van der Waals surface area contributed by atoms with Crippen LogP contribution in [0.3, 0.4) is 0 Å². The van der Waals surface area contributed by atoms with Crippen molar-refractivity contribution in [3.63, 3.8) is 0 Å². The van der Waals surface area contributed by atoms with Gasteiger partial charge in [-0.15, -0.1) is 0 Å². The SMILES string of the molecule is CC(=O)N1CCN(C2CCCCC2)C[C@H]1C(N)=O. The quantitative estimate of drug-likeness (QED) is 0.771. The zero-order chi connectivity index (χ0) is 13.1. The van der Waals surface area contributed by atoms with Crippen LogP contribution < -0.4 is 5.73 Å². The van der Waals surface area contributed by atoms with Gasteiger partial charge in [-0.2, -0.15) is 0 Å². The van der Waals surface area contributed by atoms with Crippen LogP contribution in [0.1, 0.15) is 39.0 Å². The molecular weight excluding hydrogens is 230 g/mol. The van der Waals surface area contributed by atoms with Gasteiger partial charge < -0.3 is 10.6 Å². The largest absolute Gasteiger partial charge is 0.368 e. The molecule has 2 N–H and O–H groups in total. The van der Waals surface area contributed by atoms with Crippen LogP contribution in [-0.4, -0.2) is 53.3 Å². The van der Waals surface area contributed by atoms with E-state index in [1.807, 2.05) is 0 Å². The van der Waals surface area contributed by atoms with Crippen molar-refractivity contribution >= 4 is 11.8 Å². The molecule has 1 aliphatic heterocycles. The molecule has 102 valence electrons. The first kappa shape index (κ1) is 13.3. The Kier molecular flexibility index (Phi) is 4.22. The first-order chi connectivity index (χ1) is 8.59. The third kappa shape index (κ3) is 2.83. The molecule has 1 heterocycles. The summed E-state index contributed by atoms with van der Waals surface area (Å²) in [7, 11) is 0. The molecule has 18 heavy (non-hydrogen) atoms. The van der Waals surface area contributed by atoms with Gasteiger partial charge in [0.15, 0.2) is 0 Å². The third-order valence-electron chi connectivity index (χ3n) is 4.24. The molecule has 1 saturated carbocycles. The minimum atomic E-state index is -0.446. The summed E-state index contributed by atoms with van der Waals surface area (Å²) in [5.41, 5.74) is 5.43. The number of hydrogen-bond acceptors (Lipinski definition) is 3. The Morgan fingerprint density at radius 1 is 1.11 bits per heavy atom. The summed E-state index contributed by atoms with van der Waals surface area (Å²) in [6, 6.07) is 0.132. The predicted molar refractivity (Wildman–Crippen MR) is 68.8 cm³/mol.